The molecule has 3 aromatic carbocycles. The summed E-state index contributed by atoms with van der Waals surface area (Å²) in [5.41, 5.74) is 1.77. The molecule has 0 aliphatic heterocycles. The van der Waals surface area contributed by atoms with Crippen molar-refractivity contribution in [2.45, 2.75) is 57.6 Å². The second-order valence-corrected chi connectivity index (χ2v) is 12.2. The molecular weight excluding hydrogens is 585 g/mol. The average molecular weight is 619 g/mol. The third-order valence-corrected chi connectivity index (χ3v) is 8.75. The molecule has 208 valence electrons. The van der Waals surface area contributed by atoms with E-state index < -0.39 is 34.3 Å². The Labute approximate surface area is 238 Å². The fourth-order valence-corrected chi connectivity index (χ4v) is 5.49. The maximum absolute atomic E-state index is 13.9. The van der Waals surface area contributed by atoms with Gasteiger partial charge in [-0.1, -0.05) is 52.7 Å². The molecule has 0 aliphatic rings. The standard InChI is InChI=1S/C29H33BrFN3O4S/c1-5-21(3)32-29(36)22(4)33(18-23-8-10-24(30)11-9-23)28(35)19-34(26-14-12-25(31)13-15-26)39(37,38)27-16-6-20(2)7-17-27/h6-17,21-22H,5,18-19H2,1-4H3,(H,32,36)/t21-,22+/m0/s1. The van der Waals surface area contributed by atoms with Crippen LogP contribution in [0.25, 0.3) is 0 Å². The van der Waals surface area contributed by atoms with Crippen molar-refractivity contribution in [3.05, 3.63) is 94.2 Å². The minimum atomic E-state index is -4.20. The van der Waals surface area contributed by atoms with E-state index in [4.69, 9.17) is 0 Å². The van der Waals surface area contributed by atoms with Gasteiger partial charge in [-0.2, -0.15) is 0 Å². The van der Waals surface area contributed by atoms with E-state index in [1.165, 1.54) is 29.2 Å². The first-order chi connectivity index (χ1) is 18.4. The Bertz CT molecular complexity index is 1380. The number of aryl methyl sites for hydroxylation is 1. The van der Waals surface area contributed by atoms with Crippen molar-refractivity contribution in [2.24, 2.45) is 0 Å². The Balaban J connectivity index is 2.01. The van der Waals surface area contributed by atoms with Crippen LogP contribution in [0.15, 0.2) is 82.2 Å². The fourth-order valence-electron chi connectivity index (χ4n) is 3.81. The van der Waals surface area contributed by atoms with Crippen molar-refractivity contribution in [1.82, 2.24) is 10.2 Å². The second-order valence-electron chi connectivity index (χ2n) is 9.44. The van der Waals surface area contributed by atoms with Gasteiger partial charge in [-0.25, -0.2) is 12.8 Å². The van der Waals surface area contributed by atoms with E-state index in [9.17, 15) is 22.4 Å². The number of halogens is 2. The fraction of sp³-hybridized carbons (Fsp3) is 0.310. The van der Waals surface area contributed by atoms with E-state index in [1.807, 2.05) is 45.0 Å². The molecule has 0 fully saturated rings. The number of carbonyl (C=O) groups excluding carboxylic acids is 2. The van der Waals surface area contributed by atoms with Crippen LogP contribution in [0, 0.1) is 12.7 Å². The first-order valence-corrected chi connectivity index (χ1v) is 14.8. The molecule has 3 rings (SSSR count). The highest BCUT2D eigenvalue weighted by Crippen LogP contribution is 2.25. The molecule has 0 unspecified atom stereocenters. The van der Waals surface area contributed by atoms with Gasteiger partial charge < -0.3 is 10.2 Å². The van der Waals surface area contributed by atoms with Gasteiger partial charge in [0.05, 0.1) is 10.6 Å². The van der Waals surface area contributed by atoms with Crippen molar-refractivity contribution in [2.75, 3.05) is 10.8 Å². The molecule has 0 aromatic heterocycles. The number of benzene rings is 3. The molecule has 2 atom stereocenters. The highest BCUT2D eigenvalue weighted by atomic mass is 79.9. The number of amides is 2. The van der Waals surface area contributed by atoms with Crippen molar-refractivity contribution in [1.29, 1.82) is 0 Å². The predicted octanol–water partition coefficient (Wildman–Crippen LogP) is 5.42. The normalized spacial score (nSPS) is 12.9. The van der Waals surface area contributed by atoms with Gasteiger partial charge in [-0.15, -0.1) is 0 Å². The lowest BCUT2D eigenvalue weighted by atomic mass is 10.1. The van der Waals surface area contributed by atoms with Crippen LogP contribution in [0.1, 0.15) is 38.3 Å². The number of nitrogens with one attached hydrogen (secondary N) is 1. The zero-order valence-electron chi connectivity index (χ0n) is 22.4. The lowest BCUT2D eigenvalue weighted by Gasteiger charge is -2.32. The van der Waals surface area contributed by atoms with Gasteiger partial charge in [0.25, 0.3) is 10.0 Å². The van der Waals surface area contributed by atoms with Gasteiger partial charge in [0.15, 0.2) is 0 Å². The Kier molecular flexibility index (Phi) is 10.3. The van der Waals surface area contributed by atoms with Crippen molar-refractivity contribution in [3.63, 3.8) is 0 Å². The zero-order chi connectivity index (χ0) is 28.7. The molecule has 10 heteroatoms. The molecule has 3 aromatic rings. The maximum Gasteiger partial charge on any atom is 0.264 e. The largest absolute Gasteiger partial charge is 0.352 e. The second kappa shape index (κ2) is 13.2. The van der Waals surface area contributed by atoms with Crippen LogP contribution in [0.2, 0.25) is 0 Å². The number of hydrogen-bond donors (Lipinski definition) is 1. The lowest BCUT2D eigenvalue weighted by molar-refractivity contribution is -0.139. The van der Waals surface area contributed by atoms with Gasteiger partial charge in [0, 0.05) is 17.1 Å². The summed E-state index contributed by atoms with van der Waals surface area (Å²) < 4.78 is 43.0. The van der Waals surface area contributed by atoms with Crippen molar-refractivity contribution in [3.8, 4) is 0 Å². The Hall–Kier alpha value is -3.24. The highest BCUT2D eigenvalue weighted by Gasteiger charge is 2.32. The third-order valence-electron chi connectivity index (χ3n) is 6.44. The smallest absolute Gasteiger partial charge is 0.264 e. The predicted molar refractivity (Wildman–Crippen MR) is 154 cm³/mol. The minimum absolute atomic E-state index is 0.00718. The number of carbonyl (C=O) groups is 2. The summed E-state index contributed by atoms with van der Waals surface area (Å²) in [6.45, 7) is 6.77. The maximum atomic E-state index is 13.9. The van der Waals surface area contributed by atoms with E-state index in [2.05, 4.69) is 21.2 Å². The molecule has 0 radical (unpaired) electrons. The van der Waals surface area contributed by atoms with E-state index in [1.54, 1.807) is 19.1 Å². The Morgan fingerprint density at radius 1 is 0.949 bits per heavy atom. The third kappa shape index (κ3) is 7.89. The first-order valence-electron chi connectivity index (χ1n) is 12.6. The van der Waals surface area contributed by atoms with Gasteiger partial charge >= 0.3 is 0 Å². The summed E-state index contributed by atoms with van der Waals surface area (Å²) in [6, 6.07) is 17.5. The summed E-state index contributed by atoms with van der Waals surface area (Å²) in [4.78, 5) is 28.3. The molecule has 0 saturated heterocycles. The summed E-state index contributed by atoms with van der Waals surface area (Å²) in [5, 5.41) is 2.90. The molecular formula is C29H33BrFN3O4S. The van der Waals surface area contributed by atoms with Gasteiger partial charge in [-0.05, 0) is 81.3 Å². The van der Waals surface area contributed by atoms with Gasteiger partial charge in [-0.3, -0.25) is 13.9 Å². The number of anilines is 1. The van der Waals surface area contributed by atoms with Crippen LogP contribution in [-0.4, -0.2) is 43.8 Å². The van der Waals surface area contributed by atoms with Crippen molar-refractivity contribution >= 4 is 43.5 Å². The summed E-state index contributed by atoms with van der Waals surface area (Å²) in [6.07, 6.45) is 0.715. The van der Waals surface area contributed by atoms with Crippen LogP contribution in [0.3, 0.4) is 0 Å². The van der Waals surface area contributed by atoms with Gasteiger partial charge in [0.1, 0.15) is 18.4 Å². The number of sulfonamides is 1. The van der Waals surface area contributed by atoms with E-state index in [0.29, 0.717) is 6.42 Å². The molecule has 1 N–H and O–H groups in total. The summed E-state index contributed by atoms with van der Waals surface area (Å²) in [7, 11) is -4.20. The van der Waals surface area contributed by atoms with Crippen molar-refractivity contribution < 1.29 is 22.4 Å². The van der Waals surface area contributed by atoms with Crippen LogP contribution in [0.4, 0.5) is 10.1 Å². The topological polar surface area (TPSA) is 86.8 Å². The molecule has 7 nitrogen and oxygen atoms in total. The van der Waals surface area contributed by atoms with Crippen LogP contribution < -0.4 is 9.62 Å². The van der Waals surface area contributed by atoms with Crippen LogP contribution in [-0.2, 0) is 26.2 Å². The number of nitrogens with zero attached hydrogens (tertiary/aromatic N) is 2. The molecule has 0 spiro atoms. The molecule has 39 heavy (non-hydrogen) atoms. The van der Waals surface area contributed by atoms with E-state index in [0.717, 1.165) is 32.0 Å². The Morgan fingerprint density at radius 2 is 1.54 bits per heavy atom. The highest BCUT2D eigenvalue weighted by molar-refractivity contribution is 9.10. The average Bonchev–Trinajstić information content (AvgIpc) is 2.91. The van der Waals surface area contributed by atoms with E-state index >= 15 is 0 Å². The minimum Gasteiger partial charge on any atom is -0.352 e. The number of rotatable bonds is 11. The molecule has 2 amide bonds. The quantitative estimate of drug-likeness (QED) is 0.311. The molecule has 0 bridgehead atoms. The Morgan fingerprint density at radius 3 is 2.10 bits per heavy atom. The summed E-state index contributed by atoms with van der Waals surface area (Å²) >= 11 is 3.40. The molecule has 0 aliphatic carbocycles. The first kappa shape index (κ1) is 30.3. The monoisotopic (exact) mass is 617 g/mol. The van der Waals surface area contributed by atoms with E-state index in [-0.39, 0.29) is 29.1 Å². The molecule has 0 saturated carbocycles. The van der Waals surface area contributed by atoms with Crippen LogP contribution in [0.5, 0.6) is 0 Å². The SMILES string of the molecule is CC[C@H](C)NC(=O)[C@@H](C)N(Cc1ccc(Br)cc1)C(=O)CN(c1ccc(F)cc1)S(=O)(=O)c1ccc(C)cc1. The zero-order valence-corrected chi connectivity index (χ0v) is 24.8. The summed E-state index contributed by atoms with van der Waals surface area (Å²) in [5.74, 6) is -1.46. The lowest BCUT2D eigenvalue weighted by Crippen LogP contribution is -2.52. The van der Waals surface area contributed by atoms with Gasteiger partial charge in [0.2, 0.25) is 11.8 Å². The molecule has 0 heterocycles. The van der Waals surface area contributed by atoms with Crippen LogP contribution >= 0.6 is 15.9 Å². The number of hydrogen-bond acceptors (Lipinski definition) is 4.